The summed E-state index contributed by atoms with van der Waals surface area (Å²) in [5.41, 5.74) is 5.57. The van der Waals surface area contributed by atoms with Crippen LogP contribution >= 0.6 is 11.6 Å². The van der Waals surface area contributed by atoms with Gasteiger partial charge in [0.15, 0.2) is 5.82 Å². The molecule has 3 heterocycles. The molecule has 0 atom stereocenters. The first kappa shape index (κ1) is 17.1. The summed E-state index contributed by atoms with van der Waals surface area (Å²) in [7, 11) is 0. The highest BCUT2D eigenvalue weighted by Gasteiger charge is 2.24. The van der Waals surface area contributed by atoms with Crippen LogP contribution in [-0.2, 0) is 12.8 Å². The molecule has 1 aliphatic rings. The van der Waals surface area contributed by atoms with Crippen molar-refractivity contribution in [3.8, 4) is 11.4 Å². The zero-order valence-corrected chi connectivity index (χ0v) is 16.3. The van der Waals surface area contributed by atoms with E-state index in [1.54, 1.807) is 6.20 Å². The van der Waals surface area contributed by atoms with E-state index in [2.05, 4.69) is 47.1 Å². The minimum absolute atomic E-state index is 0.697. The Morgan fingerprint density at radius 3 is 2.82 bits per heavy atom. The summed E-state index contributed by atoms with van der Waals surface area (Å²) in [5.74, 6) is 1.64. The van der Waals surface area contributed by atoms with Gasteiger partial charge in [-0.25, -0.2) is 9.97 Å². The second kappa shape index (κ2) is 6.88. The first-order valence-electron chi connectivity index (χ1n) is 9.50. The van der Waals surface area contributed by atoms with E-state index in [0.29, 0.717) is 5.82 Å². The summed E-state index contributed by atoms with van der Waals surface area (Å²) in [6, 6.07) is 16.5. The fourth-order valence-electron chi connectivity index (χ4n) is 3.80. The Morgan fingerprint density at radius 1 is 1.07 bits per heavy atom. The molecule has 138 valence electrons. The van der Waals surface area contributed by atoms with Crippen LogP contribution in [-0.4, -0.2) is 21.5 Å². The quantitative estimate of drug-likeness (QED) is 0.459. The molecule has 2 aromatic carbocycles. The Hall–Kier alpha value is -2.98. The Morgan fingerprint density at radius 2 is 2.00 bits per heavy atom. The molecule has 4 aromatic rings. The van der Waals surface area contributed by atoms with Crippen LogP contribution in [0.5, 0.6) is 0 Å². The molecule has 1 aliphatic heterocycles. The molecule has 4 nitrogen and oxygen atoms in total. The molecule has 2 aromatic heterocycles. The molecule has 0 fully saturated rings. The number of aryl methyl sites for hydroxylation is 1. The molecular weight excluding hydrogens is 368 g/mol. The van der Waals surface area contributed by atoms with Crippen molar-refractivity contribution in [3.63, 3.8) is 0 Å². The van der Waals surface area contributed by atoms with Crippen molar-refractivity contribution >= 4 is 34.0 Å². The third-order valence-electron chi connectivity index (χ3n) is 5.26. The normalized spacial score (nSPS) is 13.1. The van der Waals surface area contributed by atoms with Gasteiger partial charge in [-0.3, -0.25) is 4.98 Å². The van der Waals surface area contributed by atoms with Gasteiger partial charge in [-0.15, -0.1) is 0 Å². The zero-order chi connectivity index (χ0) is 19.1. The van der Waals surface area contributed by atoms with Crippen molar-refractivity contribution in [1.29, 1.82) is 0 Å². The molecular formula is C23H19ClN4. The number of rotatable bonds is 3. The summed E-state index contributed by atoms with van der Waals surface area (Å²) in [6.45, 7) is 3.05. The van der Waals surface area contributed by atoms with Gasteiger partial charge in [0, 0.05) is 40.6 Å². The van der Waals surface area contributed by atoms with Crippen LogP contribution in [0.4, 0.5) is 11.5 Å². The molecule has 28 heavy (non-hydrogen) atoms. The molecule has 0 unspecified atom stereocenters. The Balaban J connectivity index is 1.75. The molecule has 0 saturated heterocycles. The van der Waals surface area contributed by atoms with E-state index in [9.17, 15) is 0 Å². The number of hydrogen-bond acceptors (Lipinski definition) is 4. The van der Waals surface area contributed by atoms with E-state index in [1.165, 1.54) is 16.8 Å². The van der Waals surface area contributed by atoms with Crippen LogP contribution in [0.2, 0.25) is 5.02 Å². The van der Waals surface area contributed by atoms with Gasteiger partial charge >= 0.3 is 0 Å². The van der Waals surface area contributed by atoms with Crippen molar-refractivity contribution in [3.05, 3.63) is 77.1 Å². The van der Waals surface area contributed by atoms with Gasteiger partial charge < -0.3 is 4.90 Å². The molecule has 5 heteroatoms. The van der Waals surface area contributed by atoms with Crippen LogP contribution in [0.1, 0.15) is 18.1 Å². The maximum absolute atomic E-state index is 6.21. The molecule has 0 N–H and O–H groups in total. The van der Waals surface area contributed by atoms with Crippen molar-refractivity contribution in [2.24, 2.45) is 0 Å². The van der Waals surface area contributed by atoms with Gasteiger partial charge in [0.25, 0.3) is 0 Å². The predicted octanol–water partition coefficient (Wildman–Crippen LogP) is 5.60. The molecule has 0 amide bonds. The van der Waals surface area contributed by atoms with Crippen molar-refractivity contribution in [2.45, 2.75) is 19.8 Å². The highest BCUT2D eigenvalue weighted by molar-refractivity contribution is 6.30. The number of pyridine rings is 1. The smallest absolute Gasteiger partial charge is 0.163 e. The maximum Gasteiger partial charge on any atom is 0.163 e. The average molecular weight is 387 g/mol. The van der Waals surface area contributed by atoms with Gasteiger partial charge in [0.2, 0.25) is 0 Å². The fourth-order valence-corrected chi connectivity index (χ4v) is 3.99. The third-order valence-corrected chi connectivity index (χ3v) is 5.50. The highest BCUT2D eigenvalue weighted by Crippen LogP contribution is 2.39. The Kier molecular flexibility index (Phi) is 4.21. The fraction of sp³-hybridized carbons (Fsp3) is 0.174. The van der Waals surface area contributed by atoms with Gasteiger partial charge in [0.05, 0.1) is 5.52 Å². The summed E-state index contributed by atoms with van der Waals surface area (Å²) in [5, 5.41) is 1.85. The number of aromatic nitrogens is 3. The minimum atomic E-state index is 0.697. The summed E-state index contributed by atoms with van der Waals surface area (Å²) in [6.07, 6.45) is 5.51. The van der Waals surface area contributed by atoms with Crippen molar-refractivity contribution in [1.82, 2.24) is 15.0 Å². The van der Waals surface area contributed by atoms with Crippen molar-refractivity contribution in [2.75, 3.05) is 11.4 Å². The molecule has 0 saturated carbocycles. The van der Waals surface area contributed by atoms with Crippen LogP contribution in [0.25, 0.3) is 22.3 Å². The summed E-state index contributed by atoms with van der Waals surface area (Å²) in [4.78, 5) is 16.3. The van der Waals surface area contributed by atoms with E-state index in [4.69, 9.17) is 21.6 Å². The van der Waals surface area contributed by atoms with Crippen LogP contribution in [0, 0.1) is 0 Å². The minimum Gasteiger partial charge on any atom is -0.325 e. The Labute approximate surface area is 168 Å². The molecule has 0 aliphatic carbocycles. The van der Waals surface area contributed by atoms with E-state index in [-0.39, 0.29) is 0 Å². The van der Waals surface area contributed by atoms with E-state index < -0.39 is 0 Å². The first-order valence-corrected chi connectivity index (χ1v) is 9.88. The lowest BCUT2D eigenvalue weighted by Crippen LogP contribution is -2.16. The predicted molar refractivity (Wildman–Crippen MR) is 114 cm³/mol. The lowest BCUT2D eigenvalue weighted by atomic mass is 10.1. The topological polar surface area (TPSA) is 41.9 Å². The number of benzene rings is 2. The lowest BCUT2D eigenvalue weighted by Gasteiger charge is -2.21. The highest BCUT2D eigenvalue weighted by atomic mass is 35.5. The van der Waals surface area contributed by atoms with Crippen LogP contribution in [0.15, 0.2) is 60.9 Å². The van der Waals surface area contributed by atoms with E-state index >= 15 is 0 Å². The van der Waals surface area contributed by atoms with Crippen LogP contribution < -0.4 is 4.90 Å². The second-order valence-electron chi connectivity index (χ2n) is 6.99. The number of fused-ring (bicyclic) bond motifs is 2. The van der Waals surface area contributed by atoms with E-state index in [0.717, 1.165) is 46.7 Å². The van der Waals surface area contributed by atoms with Crippen LogP contribution in [0.3, 0.4) is 0 Å². The van der Waals surface area contributed by atoms with Crippen molar-refractivity contribution < 1.29 is 0 Å². The Bertz CT molecular complexity index is 1170. The number of halogens is 1. The van der Waals surface area contributed by atoms with E-state index in [1.807, 2.05) is 24.4 Å². The first-order chi connectivity index (χ1) is 13.7. The largest absolute Gasteiger partial charge is 0.325 e. The molecule has 5 rings (SSSR count). The zero-order valence-electron chi connectivity index (χ0n) is 15.6. The third kappa shape index (κ3) is 2.90. The monoisotopic (exact) mass is 386 g/mol. The number of anilines is 2. The summed E-state index contributed by atoms with van der Waals surface area (Å²) < 4.78 is 0. The van der Waals surface area contributed by atoms with Gasteiger partial charge in [-0.2, -0.15) is 0 Å². The number of hydrogen-bond donors (Lipinski definition) is 0. The molecule has 0 radical (unpaired) electrons. The van der Waals surface area contributed by atoms with Gasteiger partial charge in [-0.05, 0) is 66.4 Å². The average Bonchev–Trinajstić information content (AvgIpc) is 3.16. The van der Waals surface area contributed by atoms with Gasteiger partial charge in [-0.1, -0.05) is 24.6 Å². The molecule has 0 spiro atoms. The number of nitrogens with zero attached hydrogens (tertiary/aromatic N) is 4. The summed E-state index contributed by atoms with van der Waals surface area (Å²) >= 11 is 6.21. The molecule has 0 bridgehead atoms. The standard InChI is InChI=1S/C23H19ClN4/c1-2-15-5-7-20-19(12-15)23(27-22(26-20)17-4-3-10-25-14-17)28-11-9-16-13-18(24)6-8-21(16)28/h3-8,10,12-14H,2,9,11H2,1H3. The maximum atomic E-state index is 6.21. The SMILES string of the molecule is CCc1ccc2nc(-c3cccnc3)nc(N3CCc4cc(Cl)ccc43)c2c1. The lowest BCUT2D eigenvalue weighted by molar-refractivity contribution is 0.975. The second-order valence-corrected chi connectivity index (χ2v) is 7.43. The van der Waals surface area contributed by atoms with Gasteiger partial charge in [0.1, 0.15) is 5.82 Å².